The van der Waals surface area contributed by atoms with Crippen LogP contribution in [0.3, 0.4) is 0 Å². The minimum Gasteiger partial charge on any atom is -0.329 e. The lowest BCUT2D eigenvalue weighted by molar-refractivity contribution is -0.0126. The molecule has 2 aliphatic carbocycles. The SMILES string of the molecule is CCC1CCCC(CN)(N(C)CC2(N(C)C)CCC2)CC1. The molecule has 0 bridgehead atoms. The summed E-state index contributed by atoms with van der Waals surface area (Å²) in [6.45, 7) is 4.36. The topological polar surface area (TPSA) is 32.5 Å². The maximum absolute atomic E-state index is 6.29. The smallest absolute Gasteiger partial charge is 0.0330 e. The van der Waals surface area contributed by atoms with Crippen LogP contribution in [-0.2, 0) is 0 Å². The van der Waals surface area contributed by atoms with E-state index < -0.39 is 0 Å². The molecule has 0 aliphatic heterocycles. The van der Waals surface area contributed by atoms with E-state index in [9.17, 15) is 0 Å². The Morgan fingerprint density at radius 1 is 0.952 bits per heavy atom. The second-order valence-electron chi connectivity index (χ2n) is 7.96. The van der Waals surface area contributed by atoms with Gasteiger partial charge in [-0.05, 0) is 65.6 Å². The van der Waals surface area contributed by atoms with Gasteiger partial charge in [0.25, 0.3) is 0 Å². The summed E-state index contributed by atoms with van der Waals surface area (Å²) >= 11 is 0. The summed E-state index contributed by atoms with van der Waals surface area (Å²) in [7, 11) is 6.84. The predicted octanol–water partition coefficient (Wildman–Crippen LogP) is 3.09. The molecule has 2 atom stereocenters. The van der Waals surface area contributed by atoms with Crippen molar-refractivity contribution in [3.8, 4) is 0 Å². The monoisotopic (exact) mass is 295 g/mol. The Balaban J connectivity index is 2.05. The molecule has 2 unspecified atom stereocenters. The Bertz CT molecular complexity index is 324. The fraction of sp³-hybridized carbons (Fsp3) is 1.00. The zero-order valence-electron chi connectivity index (χ0n) is 14.8. The van der Waals surface area contributed by atoms with Crippen LogP contribution in [0.2, 0.25) is 0 Å². The van der Waals surface area contributed by atoms with E-state index in [0.29, 0.717) is 5.54 Å². The van der Waals surface area contributed by atoms with Crippen molar-refractivity contribution < 1.29 is 0 Å². The van der Waals surface area contributed by atoms with E-state index in [1.807, 2.05) is 0 Å². The average molecular weight is 296 g/mol. The fourth-order valence-corrected chi connectivity index (χ4v) is 4.55. The van der Waals surface area contributed by atoms with Gasteiger partial charge in [-0.1, -0.05) is 26.2 Å². The highest BCUT2D eigenvalue weighted by atomic mass is 15.3. The summed E-state index contributed by atoms with van der Waals surface area (Å²) in [6, 6.07) is 0. The molecular weight excluding hydrogens is 258 g/mol. The van der Waals surface area contributed by atoms with Gasteiger partial charge < -0.3 is 10.6 Å². The first-order valence-corrected chi connectivity index (χ1v) is 9.07. The Labute approximate surface area is 132 Å². The Morgan fingerprint density at radius 2 is 1.62 bits per heavy atom. The molecule has 0 saturated heterocycles. The summed E-state index contributed by atoms with van der Waals surface area (Å²) in [6.07, 6.45) is 12.1. The van der Waals surface area contributed by atoms with E-state index in [0.717, 1.165) is 12.5 Å². The van der Waals surface area contributed by atoms with Crippen LogP contribution in [0.5, 0.6) is 0 Å². The first-order chi connectivity index (χ1) is 9.98. The van der Waals surface area contributed by atoms with Crippen molar-refractivity contribution in [3.63, 3.8) is 0 Å². The standard InChI is InChI=1S/C18H37N3/c1-5-16-8-6-10-17(14-19,13-9-16)21(4)15-18(20(2)3)11-7-12-18/h16H,5-15,19H2,1-4H3. The number of nitrogens with two attached hydrogens (primary N) is 1. The minimum absolute atomic E-state index is 0.252. The van der Waals surface area contributed by atoms with Gasteiger partial charge in [0.05, 0.1) is 0 Å². The van der Waals surface area contributed by atoms with Crippen LogP contribution in [0.25, 0.3) is 0 Å². The van der Waals surface area contributed by atoms with Gasteiger partial charge in [-0.3, -0.25) is 4.90 Å². The van der Waals surface area contributed by atoms with Crippen molar-refractivity contribution in [3.05, 3.63) is 0 Å². The Kier molecular flexibility index (Phi) is 5.72. The third kappa shape index (κ3) is 3.46. The predicted molar refractivity (Wildman–Crippen MR) is 91.6 cm³/mol. The van der Waals surface area contributed by atoms with E-state index in [-0.39, 0.29) is 5.54 Å². The zero-order valence-corrected chi connectivity index (χ0v) is 14.8. The third-order valence-electron chi connectivity index (χ3n) is 6.80. The lowest BCUT2D eigenvalue weighted by atomic mass is 9.74. The van der Waals surface area contributed by atoms with E-state index >= 15 is 0 Å². The van der Waals surface area contributed by atoms with Crippen molar-refractivity contribution in [2.45, 2.75) is 75.8 Å². The Morgan fingerprint density at radius 3 is 2.10 bits per heavy atom. The van der Waals surface area contributed by atoms with E-state index in [1.54, 1.807) is 0 Å². The molecule has 3 heteroatoms. The number of likely N-dealkylation sites (N-methyl/N-ethyl adjacent to an activating group) is 2. The molecule has 0 aromatic heterocycles. The fourth-order valence-electron chi connectivity index (χ4n) is 4.55. The Hall–Kier alpha value is -0.120. The van der Waals surface area contributed by atoms with Gasteiger partial charge in [0.2, 0.25) is 0 Å². The molecule has 2 saturated carbocycles. The molecule has 0 heterocycles. The highest BCUT2D eigenvalue weighted by Gasteiger charge is 2.44. The van der Waals surface area contributed by atoms with Crippen molar-refractivity contribution in [2.75, 3.05) is 34.2 Å². The molecule has 0 amide bonds. The first-order valence-electron chi connectivity index (χ1n) is 9.07. The zero-order chi connectivity index (χ0) is 15.5. The minimum atomic E-state index is 0.252. The average Bonchev–Trinajstić information content (AvgIpc) is 2.65. The molecule has 21 heavy (non-hydrogen) atoms. The lowest BCUT2D eigenvalue weighted by Crippen LogP contribution is -2.62. The van der Waals surface area contributed by atoms with Gasteiger partial charge in [0.1, 0.15) is 0 Å². The van der Waals surface area contributed by atoms with Crippen LogP contribution in [0, 0.1) is 5.92 Å². The second-order valence-corrected chi connectivity index (χ2v) is 7.96. The molecule has 0 aromatic carbocycles. The van der Waals surface area contributed by atoms with Gasteiger partial charge in [0, 0.05) is 24.2 Å². The molecule has 3 nitrogen and oxygen atoms in total. The molecular formula is C18H37N3. The molecule has 2 fully saturated rings. The highest BCUT2D eigenvalue weighted by Crippen LogP contribution is 2.40. The molecule has 2 aliphatic rings. The highest BCUT2D eigenvalue weighted by molar-refractivity contribution is 5.02. The molecule has 0 spiro atoms. The van der Waals surface area contributed by atoms with E-state index in [4.69, 9.17) is 5.73 Å². The van der Waals surface area contributed by atoms with E-state index in [2.05, 4.69) is 37.9 Å². The van der Waals surface area contributed by atoms with Gasteiger partial charge in [-0.2, -0.15) is 0 Å². The second kappa shape index (κ2) is 6.97. The normalized spacial score (nSPS) is 33.0. The van der Waals surface area contributed by atoms with Crippen LogP contribution in [-0.4, -0.2) is 55.1 Å². The number of nitrogens with zero attached hydrogens (tertiary/aromatic N) is 2. The summed E-state index contributed by atoms with van der Waals surface area (Å²) in [5.74, 6) is 0.929. The lowest BCUT2D eigenvalue weighted by Gasteiger charge is -2.53. The van der Waals surface area contributed by atoms with Gasteiger partial charge >= 0.3 is 0 Å². The van der Waals surface area contributed by atoms with Crippen molar-refractivity contribution in [2.24, 2.45) is 11.7 Å². The molecule has 2 N–H and O–H groups in total. The number of hydrogen-bond acceptors (Lipinski definition) is 3. The molecule has 0 aromatic rings. The largest absolute Gasteiger partial charge is 0.329 e. The van der Waals surface area contributed by atoms with Gasteiger partial charge in [-0.25, -0.2) is 0 Å². The summed E-state index contributed by atoms with van der Waals surface area (Å²) in [5, 5.41) is 0. The molecule has 2 rings (SSSR count). The maximum Gasteiger partial charge on any atom is 0.0330 e. The summed E-state index contributed by atoms with van der Waals surface area (Å²) < 4.78 is 0. The molecule has 0 radical (unpaired) electrons. The summed E-state index contributed by atoms with van der Waals surface area (Å²) in [4.78, 5) is 5.10. The van der Waals surface area contributed by atoms with Gasteiger partial charge in [0.15, 0.2) is 0 Å². The van der Waals surface area contributed by atoms with Crippen molar-refractivity contribution >= 4 is 0 Å². The first kappa shape index (κ1) is 17.2. The quantitative estimate of drug-likeness (QED) is 0.764. The molecule has 124 valence electrons. The number of rotatable bonds is 6. The van der Waals surface area contributed by atoms with Crippen LogP contribution in [0.1, 0.15) is 64.7 Å². The van der Waals surface area contributed by atoms with Crippen LogP contribution in [0.4, 0.5) is 0 Å². The third-order valence-corrected chi connectivity index (χ3v) is 6.80. The van der Waals surface area contributed by atoms with Crippen LogP contribution in [0.15, 0.2) is 0 Å². The number of hydrogen-bond donors (Lipinski definition) is 1. The van der Waals surface area contributed by atoms with Crippen LogP contribution >= 0.6 is 0 Å². The van der Waals surface area contributed by atoms with Crippen molar-refractivity contribution in [1.29, 1.82) is 0 Å². The maximum atomic E-state index is 6.29. The van der Waals surface area contributed by atoms with E-state index in [1.165, 1.54) is 64.3 Å². The van der Waals surface area contributed by atoms with Gasteiger partial charge in [-0.15, -0.1) is 0 Å². The summed E-state index contributed by atoms with van der Waals surface area (Å²) in [5.41, 5.74) is 6.96. The van der Waals surface area contributed by atoms with Crippen LogP contribution < -0.4 is 5.73 Å². The van der Waals surface area contributed by atoms with Crippen molar-refractivity contribution in [1.82, 2.24) is 9.80 Å².